The molecule has 2 unspecified atom stereocenters. The predicted molar refractivity (Wildman–Crippen MR) is 142 cm³/mol. The van der Waals surface area contributed by atoms with Crippen molar-refractivity contribution >= 4 is 11.6 Å². The first-order chi connectivity index (χ1) is 17.1. The average Bonchev–Trinajstić information content (AvgIpc) is 3.35. The third-order valence-electron chi connectivity index (χ3n) is 5.83. The molecule has 0 aliphatic rings. The van der Waals surface area contributed by atoms with Crippen LogP contribution in [0.25, 0.3) is 0 Å². The molecule has 0 saturated carbocycles. The van der Waals surface area contributed by atoms with Gasteiger partial charge in [0, 0.05) is 35.5 Å². The first-order valence-corrected chi connectivity index (χ1v) is 12.7. The van der Waals surface area contributed by atoms with E-state index in [1.54, 1.807) is 0 Å². The van der Waals surface area contributed by atoms with Crippen LogP contribution in [0.3, 0.4) is 0 Å². The molecule has 6 heteroatoms. The highest BCUT2D eigenvalue weighted by Crippen LogP contribution is 2.30. The second-order valence-electron chi connectivity index (χ2n) is 8.88. The van der Waals surface area contributed by atoms with E-state index in [1.165, 1.54) is 11.3 Å². The molecule has 0 bridgehead atoms. The highest BCUT2D eigenvalue weighted by molar-refractivity contribution is 6.30. The number of rotatable bonds is 16. The molecule has 1 heterocycles. The number of benzene rings is 2. The molecule has 35 heavy (non-hydrogen) atoms. The molecule has 0 saturated heterocycles. The maximum Gasteiger partial charge on any atom is 0.147 e. The fourth-order valence-electron chi connectivity index (χ4n) is 4.11. The number of halogens is 1. The maximum atomic E-state index is 6.42. The smallest absolute Gasteiger partial charge is 0.147 e. The van der Waals surface area contributed by atoms with Crippen LogP contribution in [0.5, 0.6) is 0 Å². The lowest BCUT2D eigenvalue weighted by Gasteiger charge is -2.28. The normalized spacial score (nSPS) is 13.1. The summed E-state index contributed by atoms with van der Waals surface area (Å²) in [7, 11) is 0. The second kappa shape index (κ2) is 14.8. The van der Waals surface area contributed by atoms with Crippen molar-refractivity contribution in [3.63, 3.8) is 0 Å². The van der Waals surface area contributed by atoms with Crippen LogP contribution in [-0.4, -0.2) is 35.9 Å². The molecule has 0 amide bonds. The lowest BCUT2D eigenvalue weighted by molar-refractivity contribution is -0.0688. The molecule has 0 N–H and O–H groups in total. The first-order valence-electron chi connectivity index (χ1n) is 12.3. The van der Waals surface area contributed by atoms with E-state index in [4.69, 9.17) is 25.8 Å². The Morgan fingerprint density at radius 3 is 2.46 bits per heavy atom. The zero-order valence-corrected chi connectivity index (χ0v) is 21.6. The highest BCUT2D eigenvalue weighted by atomic mass is 35.5. The summed E-state index contributed by atoms with van der Waals surface area (Å²) in [5, 5.41) is 5.32. The summed E-state index contributed by atoms with van der Waals surface area (Å²) < 4.78 is 19.7. The van der Waals surface area contributed by atoms with Gasteiger partial charge in [-0.3, -0.25) is 4.68 Å². The van der Waals surface area contributed by atoms with Gasteiger partial charge in [0.15, 0.2) is 0 Å². The van der Waals surface area contributed by atoms with Gasteiger partial charge in [-0.2, -0.15) is 5.10 Å². The SMILES string of the molecule is C=CCC(OCCCOCOCc1ccccc1)C(Cc1ccc(Cl)cc1)c1ccnn1C(C)C. The minimum absolute atomic E-state index is 0.0216. The minimum Gasteiger partial charge on any atom is -0.377 e. The summed E-state index contributed by atoms with van der Waals surface area (Å²) in [6, 6.07) is 20.5. The minimum atomic E-state index is -0.0216. The van der Waals surface area contributed by atoms with Gasteiger partial charge in [-0.05, 0) is 62.4 Å². The molecule has 2 atom stereocenters. The van der Waals surface area contributed by atoms with E-state index in [0.717, 1.165) is 29.8 Å². The Morgan fingerprint density at radius 1 is 0.971 bits per heavy atom. The quantitative estimate of drug-likeness (QED) is 0.122. The lowest BCUT2D eigenvalue weighted by Crippen LogP contribution is -2.27. The Kier molecular flexibility index (Phi) is 11.5. The Hall–Kier alpha value is -2.44. The van der Waals surface area contributed by atoms with Crippen molar-refractivity contribution in [2.75, 3.05) is 20.0 Å². The van der Waals surface area contributed by atoms with Crippen LogP contribution < -0.4 is 0 Å². The Labute approximate surface area is 214 Å². The van der Waals surface area contributed by atoms with Crippen LogP contribution in [0.1, 0.15) is 55.5 Å². The van der Waals surface area contributed by atoms with E-state index in [0.29, 0.717) is 19.8 Å². The Balaban J connectivity index is 1.55. The highest BCUT2D eigenvalue weighted by Gasteiger charge is 2.27. The van der Waals surface area contributed by atoms with Crippen molar-refractivity contribution in [1.82, 2.24) is 9.78 Å². The number of ether oxygens (including phenoxy) is 3. The van der Waals surface area contributed by atoms with E-state index in [1.807, 2.05) is 54.7 Å². The first kappa shape index (κ1) is 27.2. The molecule has 0 fully saturated rings. The Morgan fingerprint density at radius 2 is 1.74 bits per heavy atom. The molecule has 0 aliphatic heterocycles. The molecule has 1 aromatic heterocycles. The van der Waals surface area contributed by atoms with Crippen LogP contribution in [0.15, 0.2) is 79.5 Å². The van der Waals surface area contributed by atoms with Crippen molar-refractivity contribution in [2.24, 2.45) is 0 Å². The summed E-state index contributed by atoms with van der Waals surface area (Å²) in [6.45, 7) is 10.3. The van der Waals surface area contributed by atoms with Gasteiger partial charge in [0.05, 0.1) is 19.3 Å². The fourth-order valence-corrected chi connectivity index (χ4v) is 4.24. The zero-order chi connectivity index (χ0) is 24.9. The summed E-state index contributed by atoms with van der Waals surface area (Å²) in [5.74, 6) is 0.134. The van der Waals surface area contributed by atoms with Crippen LogP contribution in [0.2, 0.25) is 5.02 Å². The van der Waals surface area contributed by atoms with Gasteiger partial charge < -0.3 is 14.2 Å². The number of hydrogen-bond acceptors (Lipinski definition) is 4. The lowest BCUT2D eigenvalue weighted by atomic mass is 9.88. The second-order valence-corrected chi connectivity index (χ2v) is 9.32. The van der Waals surface area contributed by atoms with Crippen LogP contribution >= 0.6 is 11.6 Å². The van der Waals surface area contributed by atoms with E-state index < -0.39 is 0 Å². The number of hydrogen-bond donors (Lipinski definition) is 0. The van der Waals surface area contributed by atoms with Gasteiger partial charge in [0.2, 0.25) is 0 Å². The van der Waals surface area contributed by atoms with Gasteiger partial charge in [-0.25, -0.2) is 0 Å². The molecule has 3 rings (SSSR count). The summed E-state index contributed by atoms with van der Waals surface area (Å²) in [4.78, 5) is 0. The number of aromatic nitrogens is 2. The Bertz CT molecular complexity index is 989. The van der Waals surface area contributed by atoms with Crippen LogP contribution in [-0.2, 0) is 27.2 Å². The predicted octanol–water partition coefficient (Wildman–Crippen LogP) is 6.99. The van der Waals surface area contributed by atoms with Crippen LogP contribution in [0, 0.1) is 0 Å². The van der Waals surface area contributed by atoms with Gasteiger partial charge in [0.1, 0.15) is 6.79 Å². The van der Waals surface area contributed by atoms with Crippen molar-refractivity contribution in [3.8, 4) is 0 Å². The van der Waals surface area contributed by atoms with Crippen molar-refractivity contribution in [2.45, 2.75) is 57.8 Å². The van der Waals surface area contributed by atoms with Crippen molar-refractivity contribution in [1.29, 1.82) is 0 Å². The molecule has 3 aromatic rings. The van der Waals surface area contributed by atoms with E-state index in [2.05, 4.69) is 48.4 Å². The van der Waals surface area contributed by atoms with Gasteiger partial charge in [-0.15, -0.1) is 6.58 Å². The summed E-state index contributed by atoms with van der Waals surface area (Å²) in [5.41, 5.74) is 3.53. The van der Waals surface area contributed by atoms with Gasteiger partial charge in [0.25, 0.3) is 0 Å². The van der Waals surface area contributed by atoms with Gasteiger partial charge in [-0.1, -0.05) is 60.1 Å². The average molecular weight is 497 g/mol. The van der Waals surface area contributed by atoms with E-state index in [-0.39, 0.29) is 24.9 Å². The van der Waals surface area contributed by atoms with Gasteiger partial charge >= 0.3 is 0 Å². The molecule has 0 radical (unpaired) electrons. The van der Waals surface area contributed by atoms with E-state index in [9.17, 15) is 0 Å². The summed E-state index contributed by atoms with van der Waals surface area (Å²) >= 11 is 6.12. The third-order valence-corrected chi connectivity index (χ3v) is 6.08. The topological polar surface area (TPSA) is 45.5 Å². The molecular formula is C29H37ClN2O3. The van der Waals surface area contributed by atoms with Crippen molar-refractivity contribution < 1.29 is 14.2 Å². The molecular weight excluding hydrogens is 460 g/mol. The number of nitrogens with zero attached hydrogens (tertiary/aromatic N) is 2. The van der Waals surface area contributed by atoms with Crippen LogP contribution in [0.4, 0.5) is 0 Å². The van der Waals surface area contributed by atoms with E-state index >= 15 is 0 Å². The molecule has 5 nitrogen and oxygen atoms in total. The molecule has 188 valence electrons. The standard InChI is InChI=1S/C29H37ClN2O3/c1-4-9-29(35-19-8-18-33-22-34-21-25-10-6-5-7-11-25)27(20-24-12-14-26(30)15-13-24)28-16-17-31-32(28)23(2)3/h4-7,10-17,23,27,29H,1,8-9,18-22H2,2-3H3. The monoisotopic (exact) mass is 496 g/mol. The summed E-state index contributed by atoms with van der Waals surface area (Å²) in [6.07, 6.45) is 6.16. The molecule has 0 aliphatic carbocycles. The maximum absolute atomic E-state index is 6.42. The molecule has 0 spiro atoms. The molecule has 2 aromatic carbocycles. The fraction of sp³-hybridized carbons (Fsp3) is 0.414. The zero-order valence-electron chi connectivity index (χ0n) is 20.8. The van der Waals surface area contributed by atoms with Crippen molar-refractivity contribution in [3.05, 3.63) is 101 Å². The third kappa shape index (κ3) is 8.93. The largest absolute Gasteiger partial charge is 0.377 e.